The second kappa shape index (κ2) is 9.02. The van der Waals surface area contributed by atoms with Gasteiger partial charge in [0.15, 0.2) is 5.76 Å². The maximum Gasteiger partial charge on any atom is 0.251 e. The van der Waals surface area contributed by atoms with Crippen LogP contribution in [0.15, 0.2) is 59.2 Å². The first-order valence-corrected chi connectivity index (χ1v) is 12.2. The largest absolute Gasteiger partial charge is 0.504 e. The van der Waals surface area contributed by atoms with Gasteiger partial charge in [-0.15, -0.1) is 11.8 Å². The number of thioether (sulfide) groups is 1. The van der Waals surface area contributed by atoms with E-state index in [1.165, 1.54) is 29.2 Å². The van der Waals surface area contributed by atoms with E-state index in [2.05, 4.69) is 0 Å². The number of benzene rings is 2. The number of amides is 1. The van der Waals surface area contributed by atoms with Crippen LogP contribution in [0.25, 0.3) is 6.08 Å². The van der Waals surface area contributed by atoms with Crippen LogP contribution in [0.2, 0.25) is 0 Å². The fraction of sp³-hybridized carbons (Fsp3) is 0.308. The van der Waals surface area contributed by atoms with Crippen molar-refractivity contribution in [1.29, 1.82) is 0 Å². The Balaban J connectivity index is 1.35. The number of carbonyl (C=O) groups excluding carboxylic acids is 2. The Morgan fingerprint density at radius 3 is 2.82 bits per heavy atom. The summed E-state index contributed by atoms with van der Waals surface area (Å²) >= 11 is 1.66. The van der Waals surface area contributed by atoms with Crippen molar-refractivity contribution in [3.05, 3.63) is 82.4 Å². The Labute approximate surface area is 201 Å². The first-order chi connectivity index (χ1) is 16.3. The highest BCUT2D eigenvalue weighted by Crippen LogP contribution is 2.42. The molecule has 3 aliphatic rings. The summed E-state index contributed by atoms with van der Waals surface area (Å²) < 4.78 is 20.0. The molecule has 2 fully saturated rings. The van der Waals surface area contributed by atoms with Crippen molar-refractivity contribution in [3.63, 3.8) is 0 Å². The number of carbonyl (C=O) groups is 2. The third-order valence-corrected chi connectivity index (χ3v) is 7.67. The van der Waals surface area contributed by atoms with Crippen LogP contribution in [0.3, 0.4) is 0 Å². The lowest BCUT2D eigenvalue weighted by molar-refractivity contribution is -0.142. The molecule has 176 valence electrons. The minimum atomic E-state index is -0.738. The lowest BCUT2D eigenvalue weighted by atomic mass is 9.94. The summed E-state index contributed by atoms with van der Waals surface area (Å²) in [5.74, 6) is -1.72. The molecular weight excluding hydrogens is 455 g/mol. The minimum Gasteiger partial charge on any atom is -0.504 e. The molecule has 0 aromatic heterocycles. The Morgan fingerprint density at radius 2 is 2.03 bits per heavy atom. The summed E-state index contributed by atoms with van der Waals surface area (Å²) in [4.78, 5) is 27.7. The summed E-state index contributed by atoms with van der Waals surface area (Å²) in [7, 11) is 0. The normalized spacial score (nSPS) is 21.2. The number of nitrogens with two attached hydrogens (primary N) is 1. The fourth-order valence-corrected chi connectivity index (χ4v) is 5.45. The van der Waals surface area contributed by atoms with Crippen LogP contribution >= 0.6 is 11.8 Å². The highest BCUT2D eigenvalue weighted by molar-refractivity contribution is 7.98. The Hall–Kier alpha value is -2.94. The minimum absolute atomic E-state index is 0.223. The molecule has 34 heavy (non-hydrogen) atoms. The van der Waals surface area contributed by atoms with Crippen LogP contribution in [0.1, 0.15) is 35.1 Å². The van der Waals surface area contributed by atoms with Gasteiger partial charge in [-0.05, 0) is 65.8 Å². The van der Waals surface area contributed by atoms with Gasteiger partial charge in [0, 0.05) is 16.7 Å². The summed E-state index contributed by atoms with van der Waals surface area (Å²) in [6.45, 7) is 0.565. The van der Waals surface area contributed by atoms with E-state index < -0.39 is 23.6 Å². The first-order valence-electron chi connectivity index (χ1n) is 11.2. The van der Waals surface area contributed by atoms with Crippen molar-refractivity contribution in [1.82, 2.24) is 4.90 Å². The lowest BCUT2D eigenvalue weighted by Crippen LogP contribution is -2.57. The van der Waals surface area contributed by atoms with Gasteiger partial charge in [0.1, 0.15) is 12.0 Å². The average molecular weight is 481 g/mol. The molecule has 5 rings (SSSR count). The van der Waals surface area contributed by atoms with Crippen molar-refractivity contribution in [2.24, 2.45) is 5.73 Å². The van der Waals surface area contributed by atoms with Crippen LogP contribution in [-0.2, 0) is 26.5 Å². The average Bonchev–Trinajstić information content (AvgIpc) is 3.61. The van der Waals surface area contributed by atoms with Gasteiger partial charge in [-0.2, -0.15) is 0 Å². The quantitative estimate of drug-likeness (QED) is 0.512. The molecular formula is C26H25FN2O4S. The number of aliphatic hydroxyl groups excluding tert-OH is 1. The van der Waals surface area contributed by atoms with Gasteiger partial charge < -0.3 is 20.5 Å². The molecule has 2 aliphatic heterocycles. The zero-order chi connectivity index (χ0) is 23.9. The van der Waals surface area contributed by atoms with Crippen LogP contribution < -0.4 is 5.73 Å². The predicted octanol–water partition coefficient (Wildman–Crippen LogP) is 3.72. The van der Waals surface area contributed by atoms with E-state index in [-0.39, 0.29) is 18.0 Å². The van der Waals surface area contributed by atoms with E-state index in [4.69, 9.17) is 10.5 Å². The van der Waals surface area contributed by atoms with E-state index in [0.717, 1.165) is 40.5 Å². The smallest absolute Gasteiger partial charge is 0.251 e. The fourth-order valence-electron chi connectivity index (χ4n) is 4.38. The SMILES string of the molecule is N[C@@H]1COC2(CC2)CN1C(=O)/C=C(\O)C(=O)/C=C/c1cc(F)cc2c1Cc1ccccc1SC2. The van der Waals surface area contributed by atoms with Gasteiger partial charge in [-0.1, -0.05) is 24.3 Å². The summed E-state index contributed by atoms with van der Waals surface area (Å²) in [6, 6.07) is 11.0. The zero-order valence-electron chi connectivity index (χ0n) is 18.5. The molecule has 2 aromatic carbocycles. The molecule has 1 atom stereocenters. The number of hydrogen-bond donors (Lipinski definition) is 2. The van der Waals surface area contributed by atoms with E-state index in [1.807, 2.05) is 24.3 Å². The molecule has 6 nitrogen and oxygen atoms in total. The topological polar surface area (TPSA) is 92.9 Å². The van der Waals surface area contributed by atoms with Gasteiger partial charge in [0.05, 0.1) is 18.8 Å². The number of ketones is 1. The molecule has 1 aliphatic carbocycles. The monoisotopic (exact) mass is 480 g/mol. The molecule has 3 N–H and O–H groups in total. The molecule has 1 amide bonds. The number of rotatable bonds is 4. The number of aliphatic hydroxyl groups is 1. The number of morpholine rings is 1. The van der Waals surface area contributed by atoms with Gasteiger partial charge in [-0.3, -0.25) is 9.59 Å². The van der Waals surface area contributed by atoms with Gasteiger partial charge in [0.25, 0.3) is 5.91 Å². The number of halogens is 1. The van der Waals surface area contributed by atoms with Crippen molar-refractivity contribution >= 4 is 29.5 Å². The Morgan fingerprint density at radius 1 is 1.24 bits per heavy atom. The number of ether oxygens (including phenoxy) is 1. The van der Waals surface area contributed by atoms with Crippen molar-refractivity contribution in [2.45, 2.75) is 41.7 Å². The Kier molecular flexibility index (Phi) is 6.06. The van der Waals surface area contributed by atoms with Gasteiger partial charge in [0.2, 0.25) is 5.78 Å². The third kappa shape index (κ3) is 4.66. The van der Waals surface area contributed by atoms with Crippen molar-refractivity contribution in [2.75, 3.05) is 13.2 Å². The number of fused-ring (bicyclic) bond motifs is 2. The second-order valence-electron chi connectivity index (χ2n) is 8.96. The maximum absolute atomic E-state index is 14.3. The number of nitrogens with zero attached hydrogens (tertiary/aromatic N) is 1. The van der Waals surface area contributed by atoms with E-state index in [9.17, 15) is 19.1 Å². The lowest BCUT2D eigenvalue weighted by Gasteiger charge is -2.37. The number of allylic oxidation sites excluding steroid dienone is 1. The highest BCUT2D eigenvalue weighted by Gasteiger charge is 2.50. The van der Waals surface area contributed by atoms with E-state index >= 15 is 0 Å². The molecule has 1 saturated heterocycles. The molecule has 8 heteroatoms. The number of hydrogen-bond acceptors (Lipinski definition) is 6. The van der Waals surface area contributed by atoms with E-state index in [0.29, 0.717) is 24.3 Å². The van der Waals surface area contributed by atoms with Crippen LogP contribution in [0, 0.1) is 5.82 Å². The molecule has 2 aromatic rings. The predicted molar refractivity (Wildman–Crippen MR) is 128 cm³/mol. The third-order valence-electron chi connectivity index (χ3n) is 6.50. The standard InChI is InChI=1S/C26H25FN2O4S/c27-19-9-16(20-11-17-3-1-2-4-23(17)34-14-18(20)10-19)5-6-21(30)22(31)12-25(32)29-15-26(7-8-26)33-13-24(29)28/h1-6,9-10,12,24,31H,7-8,11,13-15,28H2/b6-5+,22-12-/t24-/m0/s1. The second-order valence-corrected chi connectivity index (χ2v) is 9.98. The van der Waals surface area contributed by atoms with Crippen LogP contribution in [0.5, 0.6) is 0 Å². The first kappa shape index (κ1) is 22.8. The molecule has 0 unspecified atom stereocenters. The molecule has 0 bridgehead atoms. The van der Waals surface area contributed by atoms with Crippen molar-refractivity contribution in [3.8, 4) is 0 Å². The maximum atomic E-state index is 14.3. The molecule has 1 spiro atoms. The zero-order valence-corrected chi connectivity index (χ0v) is 19.3. The molecule has 1 saturated carbocycles. The highest BCUT2D eigenvalue weighted by atomic mass is 32.2. The molecule has 0 radical (unpaired) electrons. The van der Waals surface area contributed by atoms with Crippen LogP contribution in [0.4, 0.5) is 4.39 Å². The summed E-state index contributed by atoms with van der Waals surface area (Å²) in [6.07, 6.45) is 5.27. The molecule has 2 heterocycles. The van der Waals surface area contributed by atoms with E-state index in [1.54, 1.807) is 11.8 Å². The van der Waals surface area contributed by atoms with Gasteiger partial charge >= 0.3 is 0 Å². The summed E-state index contributed by atoms with van der Waals surface area (Å²) in [5, 5.41) is 10.3. The van der Waals surface area contributed by atoms with Crippen molar-refractivity contribution < 1.29 is 23.8 Å². The summed E-state index contributed by atoms with van der Waals surface area (Å²) in [5.41, 5.74) is 9.18. The van der Waals surface area contributed by atoms with Gasteiger partial charge in [-0.25, -0.2) is 4.39 Å². The Bertz CT molecular complexity index is 1220. The van der Waals surface area contributed by atoms with Crippen LogP contribution in [-0.4, -0.2) is 46.6 Å².